The van der Waals surface area contributed by atoms with Gasteiger partial charge in [0.15, 0.2) is 5.75 Å². The van der Waals surface area contributed by atoms with Gasteiger partial charge in [-0.3, -0.25) is 0 Å². The summed E-state index contributed by atoms with van der Waals surface area (Å²) in [5.74, 6) is 0.179. The minimum Gasteiger partial charge on any atom is -0.550 e. The highest BCUT2D eigenvalue weighted by molar-refractivity contribution is 7.18. The van der Waals surface area contributed by atoms with Crippen molar-refractivity contribution in [2.45, 2.75) is 19.9 Å². The van der Waals surface area contributed by atoms with Crippen LogP contribution in [-0.4, -0.2) is 12.5 Å². The van der Waals surface area contributed by atoms with E-state index >= 15 is 0 Å². The van der Waals surface area contributed by atoms with Crippen LogP contribution in [0.15, 0.2) is 84.8 Å². The molecule has 5 nitrogen and oxygen atoms in total. The minimum atomic E-state index is -1.10. The van der Waals surface area contributed by atoms with Gasteiger partial charge in [-0.2, -0.15) is 4.57 Å². The molecule has 0 unspecified atom stereocenters. The molecule has 5 rings (SSSR count). The number of rotatable bonds is 7. The Labute approximate surface area is 212 Å². The first-order valence-electron chi connectivity index (χ1n) is 11.4. The molecular formula is C28H23ClN2O3S. The number of hydrogen-bond donors (Lipinski definition) is 0. The van der Waals surface area contributed by atoms with E-state index in [0.29, 0.717) is 16.7 Å². The van der Waals surface area contributed by atoms with Gasteiger partial charge in [0, 0.05) is 36.1 Å². The summed E-state index contributed by atoms with van der Waals surface area (Å²) in [6.45, 7) is 3.17. The first-order valence-corrected chi connectivity index (χ1v) is 12.6. The quantitative estimate of drug-likeness (QED) is 0.316. The topological polar surface area (TPSA) is 56.5 Å². The zero-order valence-corrected chi connectivity index (χ0v) is 20.7. The maximum atomic E-state index is 11.2. The standard InChI is InChI=1S/C28H23ClN2O3S/c1-2-30-23-18-21(29)12-14-25(23)35-27(30)10-6-9-26-31(16-15-28(32)33)22-17-20(11-13-24(22)34-26)19-7-4-3-5-8-19/h3-14,17-18H,2,15-16H2,1H3. The van der Waals surface area contributed by atoms with Gasteiger partial charge in [-0.1, -0.05) is 59.3 Å². The van der Waals surface area contributed by atoms with E-state index in [1.807, 2.05) is 89.9 Å². The highest BCUT2D eigenvalue weighted by Crippen LogP contribution is 2.41. The number of carboxylic acid groups (broad SMARTS) is 1. The number of allylic oxidation sites excluding steroid dienone is 2. The normalized spacial score (nSPS) is 14.1. The Morgan fingerprint density at radius 2 is 1.94 bits per heavy atom. The van der Waals surface area contributed by atoms with Crippen LogP contribution in [0, 0.1) is 0 Å². The van der Waals surface area contributed by atoms with Crippen molar-refractivity contribution >= 4 is 50.9 Å². The Balaban J connectivity index is 1.47. The van der Waals surface area contributed by atoms with Gasteiger partial charge >= 0.3 is 0 Å². The van der Waals surface area contributed by atoms with Gasteiger partial charge in [0.05, 0.1) is 5.69 Å². The van der Waals surface area contributed by atoms with Gasteiger partial charge in [-0.05, 0) is 54.5 Å². The van der Waals surface area contributed by atoms with E-state index in [1.54, 1.807) is 11.3 Å². The number of carbonyl (C=O) groups excluding carboxylic acids is 1. The Kier molecular flexibility index (Phi) is 6.57. The summed E-state index contributed by atoms with van der Waals surface area (Å²) in [6, 6.07) is 21.9. The summed E-state index contributed by atoms with van der Waals surface area (Å²) in [5, 5.41) is 13.0. The van der Waals surface area contributed by atoms with Crippen molar-refractivity contribution in [2.24, 2.45) is 0 Å². The molecule has 0 aliphatic carbocycles. The third-order valence-corrected chi connectivity index (χ3v) is 7.23. The number of nitrogens with zero attached hydrogens (tertiary/aromatic N) is 2. The summed E-state index contributed by atoms with van der Waals surface area (Å²) in [4.78, 5) is 13.1. The number of benzene rings is 3. The van der Waals surface area contributed by atoms with Crippen molar-refractivity contribution in [3.05, 3.63) is 94.8 Å². The van der Waals surface area contributed by atoms with Crippen LogP contribution in [0.3, 0.4) is 0 Å². The molecule has 0 amide bonds. The molecular weight excluding hydrogens is 480 g/mol. The highest BCUT2D eigenvalue weighted by atomic mass is 35.5. The zero-order valence-electron chi connectivity index (χ0n) is 19.1. The molecule has 1 aliphatic rings. The van der Waals surface area contributed by atoms with Crippen molar-refractivity contribution < 1.29 is 19.2 Å². The van der Waals surface area contributed by atoms with Gasteiger partial charge in [-0.25, -0.2) is 0 Å². The van der Waals surface area contributed by atoms with Gasteiger partial charge in [0.1, 0.15) is 11.2 Å². The first kappa shape index (κ1) is 23.1. The summed E-state index contributed by atoms with van der Waals surface area (Å²) in [5.41, 5.74) is 4.07. The predicted molar refractivity (Wildman–Crippen MR) is 139 cm³/mol. The van der Waals surface area contributed by atoms with Crippen LogP contribution in [0.25, 0.3) is 27.4 Å². The molecule has 4 aromatic rings. The predicted octanol–water partition coefficient (Wildman–Crippen LogP) is 5.42. The molecule has 7 heteroatoms. The van der Waals surface area contributed by atoms with Crippen molar-refractivity contribution in [1.82, 2.24) is 0 Å². The summed E-state index contributed by atoms with van der Waals surface area (Å²) in [7, 11) is 0. The van der Waals surface area contributed by atoms with Crippen LogP contribution >= 0.6 is 22.9 Å². The van der Waals surface area contributed by atoms with Gasteiger partial charge in [0.2, 0.25) is 11.4 Å². The third kappa shape index (κ3) is 4.81. The Bertz CT molecular complexity index is 1460. The molecule has 1 aromatic heterocycles. The lowest BCUT2D eigenvalue weighted by atomic mass is 10.0. The average molecular weight is 503 g/mol. The molecule has 0 N–H and O–H groups in total. The number of aliphatic carboxylic acids is 1. The van der Waals surface area contributed by atoms with Crippen LogP contribution in [0.5, 0.6) is 5.75 Å². The lowest BCUT2D eigenvalue weighted by Crippen LogP contribution is -2.33. The van der Waals surface area contributed by atoms with Gasteiger partial charge < -0.3 is 19.5 Å². The maximum absolute atomic E-state index is 11.2. The van der Waals surface area contributed by atoms with E-state index < -0.39 is 5.97 Å². The smallest absolute Gasteiger partial charge is 0.262 e. The zero-order chi connectivity index (χ0) is 24.4. The molecule has 176 valence electrons. The Morgan fingerprint density at radius 1 is 1.11 bits per heavy atom. The van der Waals surface area contributed by atoms with Gasteiger partial charge in [-0.15, -0.1) is 0 Å². The Hall–Kier alpha value is -3.61. The largest absolute Gasteiger partial charge is 0.550 e. The van der Waals surface area contributed by atoms with Crippen LogP contribution in [0.1, 0.15) is 18.4 Å². The van der Waals surface area contributed by atoms with Crippen molar-refractivity contribution in [3.8, 4) is 16.9 Å². The number of carbonyl (C=O) groups is 1. The minimum absolute atomic E-state index is 0.105. The maximum Gasteiger partial charge on any atom is 0.262 e. The monoisotopic (exact) mass is 502 g/mol. The molecule has 0 fully saturated rings. The number of thiazole rings is 1. The molecule has 0 saturated heterocycles. The molecule has 0 saturated carbocycles. The van der Waals surface area contributed by atoms with E-state index in [9.17, 15) is 9.90 Å². The lowest BCUT2D eigenvalue weighted by molar-refractivity contribution is -0.665. The number of ether oxygens (including phenoxy) is 1. The van der Waals surface area contributed by atoms with Crippen LogP contribution in [0.4, 0.5) is 5.69 Å². The number of hydrogen-bond acceptors (Lipinski definition) is 5. The summed E-state index contributed by atoms with van der Waals surface area (Å²) in [6.07, 6.45) is 5.73. The molecule has 0 radical (unpaired) electrons. The second kappa shape index (κ2) is 9.94. The SMILES string of the molecule is CC[n+]1c(C=CC=C2Oc3ccc(-c4ccccc4)cc3N2CCC(=O)[O-])sc2ccc(Cl)cc21. The Morgan fingerprint density at radius 3 is 2.71 bits per heavy atom. The first-order chi connectivity index (χ1) is 17.0. The summed E-state index contributed by atoms with van der Waals surface area (Å²) >= 11 is 7.89. The van der Waals surface area contributed by atoms with Crippen LogP contribution < -0.4 is 19.3 Å². The molecule has 3 aromatic carbocycles. The number of fused-ring (bicyclic) bond motifs is 2. The van der Waals surface area contributed by atoms with Crippen molar-refractivity contribution in [3.63, 3.8) is 0 Å². The fourth-order valence-electron chi connectivity index (χ4n) is 4.21. The average Bonchev–Trinajstić information content (AvgIpc) is 3.39. The summed E-state index contributed by atoms with van der Waals surface area (Å²) < 4.78 is 9.49. The highest BCUT2D eigenvalue weighted by Gasteiger charge is 2.26. The molecule has 2 heterocycles. The number of halogens is 1. The number of carboxylic acids is 1. The van der Waals surface area contributed by atoms with Crippen molar-refractivity contribution in [2.75, 3.05) is 11.4 Å². The molecule has 0 spiro atoms. The van der Waals surface area contributed by atoms with Gasteiger partial charge in [0.25, 0.3) is 5.01 Å². The third-order valence-electron chi connectivity index (χ3n) is 5.86. The number of aryl methyl sites for hydroxylation is 1. The van der Waals surface area contributed by atoms with E-state index in [1.165, 1.54) is 0 Å². The molecule has 0 atom stereocenters. The molecule has 35 heavy (non-hydrogen) atoms. The van der Waals surface area contributed by atoms with Crippen molar-refractivity contribution in [1.29, 1.82) is 0 Å². The van der Waals surface area contributed by atoms with Crippen LogP contribution in [0.2, 0.25) is 5.02 Å². The fraction of sp³-hybridized carbons (Fsp3) is 0.143. The molecule has 1 aliphatic heterocycles. The number of anilines is 1. The van der Waals surface area contributed by atoms with E-state index in [0.717, 1.165) is 38.6 Å². The number of aromatic nitrogens is 1. The van der Waals surface area contributed by atoms with E-state index in [-0.39, 0.29) is 13.0 Å². The second-order valence-corrected chi connectivity index (χ2v) is 9.58. The molecule has 0 bridgehead atoms. The lowest BCUT2D eigenvalue weighted by Gasteiger charge is -2.18. The van der Waals surface area contributed by atoms with Crippen LogP contribution in [-0.2, 0) is 11.3 Å². The fourth-order valence-corrected chi connectivity index (χ4v) is 5.49. The van der Waals surface area contributed by atoms with E-state index in [4.69, 9.17) is 16.3 Å². The van der Waals surface area contributed by atoms with E-state index in [2.05, 4.69) is 11.5 Å². The second-order valence-electron chi connectivity index (χ2n) is 8.08.